The first kappa shape index (κ1) is 20.8. The summed E-state index contributed by atoms with van der Waals surface area (Å²) in [4.78, 5) is 30.2. The lowest BCUT2D eigenvalue weighted by Crippen LogP contribution is -2.45. The van der Waals surface area contributed by atoms with Crippen molar-refractivity contribution in [2.45, 2.75) is 46.1 Å². The number of guanidine groups is 1. The topological polar surface area (TPSA) is 99.0 Å². The molecule has 0 radical (unpaired) electrons. The Hall–Kier alpha value is -2.51. The number of hydrogen-bond donors (Lipinski definition) is 3. The fourth-order valence-corrected chi connectivity index (χ4v) is 3.00. The van der Waals surface area contributed by atoms with Crippen LogP contribution in [0, 0.1) is 6.92 Å². The third kappa shape index (κ3) is 6.30. The third-order valence-electron chi connectivity index (χ3n) is 4.49. The maximum Gasteiger partial charge on any atom is 0.287 e. The van der Waals surface area contributed by atoms with Gasteiger partial charge in [-0.2, -0.15) is 0 Å². The molecule has 1 unspecified atom stereocenters. The molecule has 8 heteroatoms. The van der Waals surface area contributed by atoms with Crippen molar-refractivity contribution < 1.29 is 14.0 Å². The van der Waals surface area contributed by atoms with Crippen LogP contribution >= 0.6 is 0 Å². The van der Waals surface area contributed by atoms with E-state index >= 15 is 0 Å². The van der Waals surface area contributed by atoms with Crippen molar-refractivity contribution in [1.29, 1.82) is 0 Å². The van der Waals surface area contributed by atoms with Crippen LogP contribution in [0.25, 0.3) is 0 Å². The molecule has 1 aliphatic heterocycles. The number of nitrogens with one attached hydrogen (secondary N) is 3. The van der Waals surface area contributed by atoms with Crippen LogP contribution in [-0.2, 0) is 4.79 Å². The van der Waals surface area contributed by atoms with E-state index in [2.05, 4.69) is 20.9 Å². The summed E-state index contributed by atoms with van der Waals surface area (Å²) < 4.78 is 5.17. The summed E-state index contributed by atoms with van der Waals surface area (Å²) in [6, 6.07) is 1.99. The van der Waals surface area contributed by atoms with Crippen molar-refractivity contribution in [1.82, 2.24) is 20.9 Å². The highest BCUT2D eigenvalue weighted by atomic mass is 16.3. The van der Waals surface area contributed by atoms with Gasteiger partial charge in [-0.25, -0.2) is 0 Å². The first-order chi connectivity index (χ1) is 13.0. The number of nitrogens with zero attached hydrogens (tertiary/aromatic N) is 2. The van der Waals surface area contributed by atoms with E-state index in [0.717, 1.165) is 44.0 Å². The van der Waals surface area contributed by atoms with Gasteiger partial charge in [0, 0.05) is 50.7 Å². The summed E-state index contributed by atoms with van der Waals surface area (Å²) in [6.07, 6.45) is 3.72. The standard InChI is InChI=1S/C19H31N5O3/c1-4-16(25)24-11-7-15(13-24)23-19(20-5-2)22-10-6-9-21-18(26)17-14(3)8-12-27-17/h8,12,15H,4-7,9-11,13H2,1-3H3,(H,21,26)(H2,20,22,23). The van der Waals surface area contributed by atoms with E-state index in [9.17, 15) is 9.59 Å². The molecule has 0 bridgehead atoms. The second-order valence-corrected chi connectivity index (χ2v) is 6.63. The Labute approximate surface area is 160 Å². The monoisotopic (exact) mass is 377 g/mol. The van der Waals surface area contributed by atoms with E-state index in [0.29, 0.717) is 25.3 Å². The Bertz CT molecular complexity index is 656. The molecule has 27 heavy (non-hydrogen) atoms. The van der Waals surface area contributed by atoms with Crippen LogP contribution in [0.1, 0.15) is 49.2 Å². The van der Waals surface area contributed by atoms with Crippen LogP contribution in [0.2, 0.25) is 0 Å². The molecular formula is C19H31N5O3. The fourth-order valence-electron chi connectivity index (χ4n) is 3.00. The van der Waals surface area contributed by atoms with Gasteiger partial charge in [-0.3, -0.25) is 14.6 Å². The third-order valence-corrected chi connectivity index (χ3v) is 4.49. The van der Waals surface area contributed by atoms with Crippen LogP contribution in [0.5, 0.6) is 0 Å². The van der Waals surface area contributed by atoms with Crippen molar-refractivity contribution in [3.63, 3.8) is 0 Å². The highest BCUT2D eigenvalue weighted by Crippen LogP contribution is 2.10. The minimum Gasteiger partial charge on any atom is -0.459 e. The van der Waals surface area contributed by atoms with Gasteiger partial charge in [-0.05, 0) is 32.8 Å². The smallest absolute Gasteiger partial charge is 0.287 e. The summed E-state index contributed by atoms with van der Waals surface area (Å²) in [6.45, 7) is 9.16. The van der Waals surface area contributed by atoms with Crippen molar-refractivity contribution in [3.8, 4) is 0 Å². The minimum atomic E-state index is -0.196. The number of aryl methyl sites for hydroxylation is 1. The van der Waals surface area contributed by atoms with Crippen LogP contribution in [-0.4, -0.2) is 61.4 Å². The Morgan fingerprint density at radius 2 is 2.15 bits per heavy atom. The van der Waals surface area contributed by atoms with Crippen LogP contribution in [0.3, 0.4) is 0 Å². The van der Waals surface area contributed by atoms with Crippen LogP contribution in [0.4, 0.5) is 0 Å². The molecule has 8 nitrogen and oxygen atoms in total. The highest BCUT2D eigenvalue weighted by molar-refractivity contribution is 5.92. The molecule has 1 fully saturated rings. The van der Waals surface area contributed by atoms with E-state index in [1.165, 1.54) is 6.26 Å². The number of rotatable bonds is 8. The van der Waals surface area contributed by atoms with Crippen molar-refractivity contribution in [2.75, 3.05) is 32.7 Å². The van der Waals surface area contributed by atoms with E-state index in [4.69, 9.17) is 4.42 Å². The zero-order chi connectivity index (χ0) is 19.6. The Balaban J connectivity index is 1.73. The van der Waals surface area contributed by atoms with Gasteiger partial charge >= 0.3 is 0 Å². The zero-order valence-corrected chi connectivity index (χ0v) is 16.5. The fraction of sp³-hybridized carbons (Fsp3) is 0.632. The molecule has 1 aliphatic rings. The van der Waals surface area contributed by atoms with E-state index in [-0.39, 0.29) is 17.9 Å². The Kier molecular flexibility index (Phi) is 8.16. The molecule has 0 spiro atoms. The average Bonchev–Trinajstić information content (AvgIpc) is 3.29. The number of amides is 2. The van der Waals surface area contributed by atoms with E-state index in [1.54, 1.807) is 6.07 Å². The van der Waals surface area contributed by atoms with Gasteiger partial charge < -0.3 is 25.3 Å². The first-order valence-electron chi connectivity index (χ1n) is 9.70. The molecule has 2 heterocycles. The van der Waals surface area contributed by atoms with Gasteiger partial charge in [0.15, 0.2) is 11.7 Å². The average molecular weight is 377 g/mol. The molecule has 1 aromatic heterocycles. The molecule has 1 saturated heterocycles. The number of hydrogen-bond acceptors (Lipinski definition) is 4. The number of aliphatic imine (C=N–C) groups is 1. The molecule has 0 saturated carbocycles. The minimum absolute atomic E-state index is 0.196. The maximum atomic E-state index is 12.0. The lowest BCUT2D eigenvalue weighted by atomic mass is 10.2. The van der Waals surface area contributed by atoms with Gasteiger partial charge in [0.2, 0.25) is 5.91 Å². The Morgan fingerprint density at radius 1 is 1.33 bits per heavy atom. The lowest BCUT2D eigenvalue weighted by molar-refractivity contribution is -0.129. The number of furan rings is 1. The SMILES string of the molecule is CCNC(=NCCCNC(=O)c1occc1C)NC1CCN(C(=O)CC)C1. The quantitative estimate of drug-likeness (QED) is 0.360. The summed E-state index contributed by atoms with van der Waals surface area (Å²) in [7, 11) is 0. The summed E-state index contributed by atoms with van der Waals surface area (Å²) in [5.74, 6) is 1.12. The van der Waals surface area contributed by atoms with Gasteiger partial charge in [0.05, 0.1) is 6.26 Å². The normalized spacial score (nSPS) is 17.1. The largest absolute Gasteiger partial charge is 0.459 e. The number of carbonyl (C=O) groups excluding carboxylic acids is 2. The van der Waals surface area contributed by atoms with Crippen LogP contribution < -0.4 is 16.0 Å². The Morgan fingerprint density at radius 3 is 2.81 bits per heavy atom. The van der Waals surface area contributed by atoms with Crippen molar-refractivity contribution >= 4 is 17.8 Å². The second kappa shape index (κ2) is 10.6. The second-order valence-electron chi connectivity index (χ2n) is 6.63. The number of likely N-dealkylation sites (tertiary alicyclic amines) is 1. The van der Waals surface area contributed by atoms with Crippen LogP contribution in [0.15, 0.2) is 21.7 Å². The van der Waals surface area contributed by atoms with Crippen molar-refractivity contribution in [3.05, 3.63) is 23.7 Å². The lowest BCUT2D eigenvalue weighted by Gasteiger charge is -2.18. The molecule has 2 rings (SSSR count). The van der Waals surface area contributed by atoms with Crippen molar-refractivity contribution in [2.24, 2.45) is 4.99 Å². The molecule has 1 aromatic rings. The molecule has 1 atom stereocenters. The predicted molar refractivity (Wildman–Crippen MR) is 105 cm³/mol. The molecule has 0 aromatic carbocycles. The molecular weight excluding hydrogens is 346 g/mol. The zero-order valence-electron chi connectivity index (χ0n) is 16.5. The summed E-state index contributed by atoms with van der Waals surface area (Å²) >= 11 is 0. The van der Waals surface area contributed by atoms with E-state index in [1.807, 2.05) is 25.7 Å². The van der Waals surface area contributed by atoms with Gasteiger partial charge in [0.25, 0.3) is 5.91 Å². The maximum absolute atomic E-state index is 12.0. The van der Waals surface area contributed by atoms with Gasteiger partial charge in [-0.1, -0.05) is 6.92 Å². The molecule has 2 amide bonds. The molecule has 3 N–H and O–H groups in total. The highest BCUT2D eigenvalue weighted by Gasteiger charge is 2.25. The van der Waals surface area contributed by atoms with E-state index < -0.39 is 0 Å². The molecule has 0 aliphatic carbocycles. The number of carbonyl (C=O) groups is 2. The summed E-state index contributed by atoms with van der Waals surface area (Å²) in [5.41, 5.74) is 0.830. The van der Waals surface area contributed by atoms with Gasteiger partial charge in [-0.15, -0.1) is 0 Å². The molecule has 150 valence electrons. The summed E-state index contributed by atoms with van der Waals surface area (Å²) in [5, 5.41) is 9.47. The van der Waals surface area contributed by atoms with Gasteiger partial charge in [0.1, 0.15) is 0 Å². The first-order valence-corrected chi connectivity index (χ1v) is 9.70. The predicted octanol–water partition coefficient (Wildman–Crippen LogP) is 1.27.